The highest BCUT2D eigenvalue weighted by atomic mass is 16.5. The molecule has 154 valence electrons. The highest BCUT2D eigenvalue weighted by Gasteiger charge is 2.18. The van der Waals surface area contributed by atoms with Crippen LogP contribution in [-0.2, 0) is 4.79 Å². The van der Waals surface area contributed by atoms with Gasteiger partial charge in [-0.3, -0.25) is 4.79 Å². The van der Waals surface area contributed by atoms with E-state index in [1.165, 1.54) is 10.9 Å². The highest BCUT2D eigenvalue weighted by molar-refractivity contribution is 5.93. The Morgan fingerprint density at radius 2 is 1.87 bits per heavy atom. The summed E-state index contributed by atoms with van der Waals surface area (Å²) in [6, 6.07) is 17.4. The number of pyridine rings is 1. The van der Waals surface area contributed by atoms with Gasteiger partial charge in [-0.05, 0) is 49.6 Å². The topological polar surface area (TPSA) is 92.8 Å². The standard InChI is InChI=1S/C24H21N5O2/c1-15-7-4-5-10-20(15)31-14-22(30)28-24-18(12-25)13-26-29(24)21-11-17(3)19-9-6-8-16(2)23(19)27-21/h4-11,13H,14H2,1-3H3,(H,28,30). The maximum Gasteiger partial charge on any atom is 0.263 e. The molecular weight excluding hydrogens is 390 g/mol. The van der Waals surface area contributed by atoms with Gasteiger partial charge in [0.25, 0.3) is 5.91 Å². The van der Waals surface area contributed by atoms with E-state index in [1.807, 2.05) is 63.2 Å². The average Bonchev–Trinajstić information content (AvgIpc) is 3.16. The zero-order valence-electron chi connectivity index (χ0n) is 17.5. The molecule has 4 rings (SSSR count). The van der Waals surface area contributed by atoms with Crippen LogP contribution >= 0.6 is 0 Å². The van der Waals surface area contributed by atoms with E-state index >= 15 is 0 Å². The first-order chi connectivity index (χ1) is 15.0. The Bertz CT molecular complexity index is 1330. The Morgan fingerprint density at radius 1 is 1.10 bits per heavy atom. The molecule has 0 unspecified atom stereocenters. The van der Waals surface area contributed by atoms with Gasteiger partial charge < -0.3 is 10.1 Å². The van der Waals surface area contributed by atoms with Crippen molar-refractivity contribution in [1.82, 2.24) is 14.8 Å². The van der Waals surface area contributed by atoms with Gasteiger partial charge in [0, 0.05) is 5.39 Å². The number of nitriles is 1. The van der Waals surface area contributed by atoms with Gasteiger partial charge in [-0.2, -0.15) is 15.0 Å². The van der Waals surface area contributed by atoms with Crippen LogP contribution in [0.5, 0.6) is 5.75 Å². The number of carbonyl (C=O) groups is 1. The van der Waals surface area contributed by atoms with Crippen LogP contribution in [0.25, 0.3) is 16.7 Å². The summed E-state index contributed by atoms with van der Waals surface area (Å²) in [7, 11) is 0. The monoisotopic (exact) mass is 411 g/mol. The SMILES string of the molecule is Cc1ccccc1OCC(=O)Nc1c(C#N)cnn1-c1cc(C)c2cccc(C)c2n1. The van der Waals surface area contributed by atoms with E-state index < -0.39 is 5.91 Å². The fourth-order valence-electron chi connectivity index (χ4n) is 3.41. The average molecular weight is 411 g/mol. The van der Waals surface area contributed by atoms with Gasteiger partial charge >= 0.3 is 0 Å². The van der Waals surface area contributed by atoms with Gasteiger partial charge in [0.2, 0.25) is 0 Å². The number of rotatable bonds is 5. The second-order valence-electron chi connectivity index (χ2n) is 7.30. The first kappa shape index (κ1) is 20.1. The molecule has 0 spiro atoms. The summed E-state index contributed by atoms with van der Waals surface area (Å²) in [5.74, 6) is 1.03. The van der Waals surface area contributed by atoms with Crippen molar-refractivity contribution in [2.24, 2.45) is 0 Å². The van der Waals surface area contributed by atoms with E-state index in [9.17, 15) is 10.1 Å². The summed E-state index contributed by atoms with van der Waals surface area (Å²) in [6.45, 7) is 5.71. The first-order valence-electron chi connectivity index (χ1n) is 9.81. The molecule has 1 N–H and O–H groups in total. The van der Waals surface area contributed by atoms with Gasteiger partial charge in [-0.1, -0.05) is 36.4 Å². The molecule has 31 heavy (non-hydrogen) atoms. The molecule has 0 fully saturated rings. The summed E-state index contributed by atoms with van der Waals surface area (Å²) in [6.07, 6.45) is 1.41. The largest absolute Gasteiger partial charge is 0.483 e. The minimum Gasteiger partial charge on any atom is -0.483 e. The van der Waals surface area contributed by atoms with Gasteiger partial charge in [-0.25, -0.2) is 4.98 Å². The lowest BCUT2D eigenvalue weighted by Gasteiger charge is -2.13. The minimum absolute atomic E-state index is 0.190. The number of amides is 1. The number of fused-ring (bicyclic) bond motifs is 1. The fraction of sp³-hybridized carbons (Fsp3) is 0.167. The lowest BCUT2D eigenvalue weighted by atomic mass is 10.1. The Morgan fingerprint density at radius 3 is 2.65 bits per heavy atom. The van der Waals surface area contributed by atoms with Crippen LogP contribution in [0.4, 0.5) is 5.82 Å². The van der Waals surface area contributed by atoms with Crippen molar-refractivity contribution in [2.45, 2.75) is 20.8 Å². The Kier molecular flexibility index (Phi) is 5.37. The summed E-state index contributed by atoms with van der Waals surface area (Å²) in [4.78, 5) is 17.3. The normalized spacial score (nSPS) is 10.6. The van der Waals surface area contributed by atoms with Gasteiger partial charge in [0.05, 0.1) is 11.7 Å². The molecule has 1 amide bonds. The second-order valence-corrected chi connectivity index (χ2v) is 7.30. The molecule has 7 nitrogen and oxygen atoms in total. The number of nitrogens with one attached hydrogen (secondary N) is 1. The Labute approximate surface area is 179 Å². The number of anilines is 1. The molecule has 0 atom stereocenters. The number of nitrogens with zero attached hydrogens (tertiary/aromatic N) is 4. The number of carbonyl (C=O) groups excluding carboxylic acids is 1. The molecule has 0 radical (unpaired) electrons. The maximum absolute atomic E-state index is 12.6. The smallest absolute Gasteiger partial charge is 0.263 e. The first-order valence-corrected chi connectivity index (χ1v) is 9.81. The van der Waals surface area contributed by atoms with E-state index in [-0.39, 0.29) is 18.0 Å². The zero-order chi connectivity index (χ0) is 22.0. The third-order valence-electron chi connectivity index (χ3n) is 5.05. The van der Waals surface area contributed by atoms with Crippen LogP contribution in [0.15, 0.2) is 54.7 Å². The van der Waals surface area contributed by atoms with Gasteiger partial charge in [-0.15, -0.1) is 0 Å². The Hall–Kier alpha value is -4.18. The summed E-state index contributed by atoms with van der Waals surface area (Å²) in [5.41, 5.74) is 4.09. The van der Waals surface area contributed by atoms with Crippen molar-refractivity contribution in [3.05, 3.63) is 77.0 Å². The third kappa shape index (κ3) is 3.96. The lowest BCUT2D eigenvalue weighted by Crippen LogP contribution is -2.22. The number of benzene rings is 2. The maximum atomic E-state index is 12.6. The highest BCUT2D eigenvalue weighted by Crippen LogP contribution is 2.25. The molecule has 2 aromatic carbocycles. The lowest BCUT2D eigenvalue weighted by molar-refractivity contribution is -0.118. The van der Waals surface area contributed by atoms with Crippen molar-refractivity contribution >= 4 is 22.6 Å². The summed E-state index contributed by atoms with van der Waals surface area (Å²) >= 11 is 0. The van der Waals surface area contributed by atoms with Crippen molar-refractivity contribution < 1.29 is 9.53 Å². The van der Waals surface area contributed by atoms with Crippen LogP contribution < -0.4 is 10.1 Å². The van der Waals surface area contributed by atoms with Crippen LogP contribution in [0.1, 0.15) is 22.3 Å². The second kappa shape index (κ2) is 8.28. The molecule has 0 aliphatic heterocycles. The van der Waals surface area contributed by atoms with Crippen molar-refractivity contribution in [3.8, 4) is 17.6 Å². The molecule has 0 saturated carbocycles. The van der Waals surface area contributed by atoms with Crippen LogP contribution in [0, 0.1) is 32.1 Å². The van der Waals surface area contributed by atoms with E-state index in [0.717, 1.165) is 27.6 Å². The molecular formula is C24H21N5O2. The molecule has 0 aliphatic carbocycles. The van der Waals surface area contributed by atoms with Crippen molar-refractivity contribution in [3.63, 3.8) is 0 Å². The third-order valence-corrected chi connectivity index (χ3v) is 5.05. The number of para-hydroxylation sites is 2. The number of ether oxygens (including phenoxy) is 1. The number of hydrogen-bond acceptors (Lipinski definition) is 5. The fourth-order valence-corrected chi connectivity index (χ4v) is 3.41. The van der Waals surface area contributed by atoms with Crippen LogP contribution in [0.3, 0.4) is 0 Å². The minimum atomic E-state index is -0.393. The van der Waals surface area contributed by atoms with Crippen LogP contribution in [-0.4, -0.2) is 27.3 Å². The van der Waals surface area contributed by atoms with Crippen molar-refractivity contribution in [1.29, 1.82) is 5.26 Å². The molecule has 0 saturated heterocycles. The van der Waals surface area contributed by atoms with Crippen LogP contribution in [0.2, 0.25) is 0 Å². The summed E-state index contributed by atoms with van der Waals surface area (Å²) in [5, 5.41) is 17.6. The van der Waals surface area contributed by atoms with E-state index in [4.69, 9.17) is 9.72 Å². The molecule has 0 bridgehead atoms. The molecule has 7 heteroatoms. The molecule has 2 heterocycles. The van der Waals surface area contributed by atoms with Gasteiger partial charge in [0.1, 0.15) is 17.4 Å². The van der Waals surface area contributed by atoms with Gasteiger partial charge in [0.15, 0.2) is 18.2 Å². The molecule has 4 aromatic rings. The molecule has 2 aromatic heterocycles. The summed E-state index contributed by atoms with van der Waals surface area (Å²) < 4.78 is 7.09. The predicted molar refractivity (Wildman–Crippen MR) is 118 cm³/mol. The Balaban J connectivity index is 1.65. The van der Waals surface area contributed by atoms with Crippen molar-refractivity contribution in [2.75, 3.05) is 11.9 Å². The zero-order valence-corrected chi connectivity index (χ0v) is 17.5. The van der Waals surface area contributed by atoms with E-state index in [2.05, 4.69) is 16.5 Å². The number of aryl methyl sites for hydroxylation is 3. The van der Waals surface area contributed by atoms with E-state index in [0.29, 0.717) is 11.6 Å². The number of hydrogen-bond donors (Lipinski definition) is 1. The number of aromatic nitrogens is 3. The quantitative estimate of drug-likeness (QED) is 0.530. The predicted octanol–water partition coefficient (Wildman–Crippen LogP) is 4.23. The molecule has 0 aliphatic rings. The van der Waals surface area contributed by atoms with E-state index in [1.54, 1.807) is 6.07 Å².